The van der Waals surface area contributed by atoms with Gasteiger partial charge in [-0.05, 0) is 76.1 Å². The van der Waals surface area contributed by atoms with E-state index >= 15 is 0 Å². The van der Waals surface area contributed by atoms with Gasteiger partial charge >= 0.3 is 6.09 Å². The lowest BCUT2D eigenvalue weighted by Crippen LogP contribution is -2.42. The number of ether oxygens (including phenoxy) is 1. The van der Waals surface area contributed by atoms with Crippen LogP contribution < -0.4 is 16.0 Å². The zero-order valence-electron chi connectivity index (χ0n) is 21.2. The summed E-state index contributed by atoms with van der Waals surface area (Å²) in [5.41, 5.74) is 1.88. The number of hydrogen-bond donors (Lipinski definition) is 4. The first kappa shape index (κ1) is 27.0. The fourth-order valence-electron chi connectivity index (χ4n) is 4.16. The second-order valence-corrected chi connectivity index (χ2v) is 10.5. The van der Waals surface area contributed by atoms with Crippen LogP contribution in [0.25, 0.3) is 11.1 Å². The lowest BCUT2D eigenvalue weighted by Gasteiger charge is -2.31. The second-order valence-electron chi connectivity index (χ2n) is 10.0. The summed E-state index contributed by atoms with van der Waals surface area (Å²) in [5.74, 6) is 1.30. The van der Waals surface area contributed by atoms with Crippen molar-refractivity contribution in [2.75, 3.05) is 17.2 Å². The van der Waals surface area contributed by atoms with Crippen LogP contribution in [-0.2, 0) is 11.3 Å². The summed E-state index contributed by atoms with van der Waals surface area (Å²) in [4.78, 5) is 21.4. The summed E-state index contributed by atoms with van der Waals surface area (Å²) in [6.07, 6.45) is 7.02. The summed E-state index contributed by atoms with van der Waals surface area (Å²) < 4.78 is 5.39. The van der Waals surface area contributed by atoms with Crippen molar-refractivity contribution in [3.63, 3.8) is 0 Å². The molecule has 4 N–H and O–H groups in total. The van der Waals surface area contributed by atoms with Crippen molar-refractivity contribution in [2.24, 2.45) is 0 Å². The topological polar surface area (TPSA) is 108 Å². The van der Waals surface area contributed by atoms with Crippen molar-refractivity contribution in [3.05, 3.63) is 35.0 Å². The maximum absolute atomic E-state index is 12.1. The van der Waals surface area contributed by atoms with Crippen LogP contribution >= 0.6 is 11.6 Å². The van der Waals surface area contributed by atoms with E-state index in [1.165, 1.54) is 0 Å². The Balaban J connectivity index is 1.74. The predicted octanol–water partition coefficient (Wildman–Crippen LogP) is 5.75. The molecular formula is C26H38ClN5O3. The van der Waals surface area contributed by atoms with E-state index in [1.807, 2.05) is 26.8 Å². The number of amides is 1. The molecule has 1 aliphatic carbocycles. The highest BCUT2D eigenvalue weighted by molar-refractivity contribution is 6.30. The number of aromatic nitrogens is 2. The molecule has 2 aromatic rings. The Kier molecular flexibility index (Phi) is 9.57. The molecule has 3 rings (SSSR count). The van der Waals surface area contributed by atoms with E-state index in [-0.39, 0.29) is 24.8 Å². The molecule has 1 amide bonds. The molecule has 0 bridgehead atoms. The number of aliphatic hydroxyl groups excluding tert-OH is 1. The normalized spacial score (nSPS) is 18.1. The number of carbonyl (C=O) groups is 1. The number of anilines is 2. The number of alkyl carbamates (subject to hydrolysis) is 1. The van der Waals surface area contributed by atoms with E-state index in [9.17, 15) is 9.90 Å². The summed E-state index contributed by atoms with van der Waals surface area (Å²) in [6, 6.07) is 5.76. The van der Waals surface area contributed by atoms with Crippen LogP contribution in [0.2, 0.25) is 5.02 Å². The Morgan fingerprint density at radius 2 is 1.89 bits per heavy atom. The van der Waals surface area contributed by atoms with Crippen molar-refractivity contribution < 1.29 is 14.6 Å². The van der Waals surface area contributed by atoms with Gasteiger partial charge in [0.2, 0.25) is 5.95 Å². The predicted molar refractivity (Wildman–Crippen MR) is 141 cm³/mol. The molecule has 0 aliphatic heterocycles. The molecule has 1 fully saturated rings. The van der Waals surface area contributed by atoms with Crippen molar-refractivity contribution in [1.29, 1.82) is 0 Å². The average molecular weight is 504 g/mol. The highest BCUT2D eigenvalue weighted by Crippen LogP contribution is 2.33. The number of rotatable bonds is 9. The number of unbranched alkanes of at least 4 members (excludes halogenated alkanes) is 1. The Morgan fingerprint density at radius 3 is 2.54 bits per heavy atom. The Hall–Kier alpha value is -2.58. The molecule has 0 saturated heterocycles. The van der Waals surface area contributed by atoms with Crippen LogP contribution in [0.4, 0.5) is 16.6 Å². The number of carbonyl (C=O) groups excluding carboxylic acids is 1. The molecule has 1 saturated carbocycles. The van der Waals surface area contributed by atoms with Gasteiger partial charge in [-0.15, -0.1) is 0 Å². The van der Waals surface area contributed by atoms with Gasteiger partial charge in [-0.25, -0.2) is 9.78 Å². The largest absolute Gasteiger partial charge is 0.444 e. The molecule has 1 heterocycles. The van der Waals surface area contributed by atoms with Crippen LogP contribution in [0.1, 0.15) is 71.8 Å². The molecule has 1 aliphatic rings. The molecular weight excluding hydrogens is 466 g/mol. The third-order valence-corrected chi connectivity index (χ3v) is 6.15. The molecule has 192 valence electrons. The molecule has 9 heteroatoms. The second kappa shape index (κ2) is 12.4. The smallest absolute Gasteiger partial charge is 0.407 e. The number of aliphatic hydroxyl groups is 1. The molecule has 0 spiro atoms. The quantitative estimate of drug-likeness (QED) is 0.322. The number of benzene rings is 1. The van der Waals surface area contributed by atoms with Crippen LogP contribution in [0.5, 0.6) is 0 Å². The Morgan fingerprint density at radius 1 is 1.17 bits per heavy atom. The van der Waals surface area contributed by atoms with Gasteiger partial charge in [-0.2, -0.15) is 4.98 Å². The number of halogens is 1. The minimum Gasteiger partial charge on any atom is -0.444 e. The van der Waals surface area contributed by atoms with E-state index in [1.54, 1.807) is 18.3 Å². The highest BCUT2D eigenvalue weighted by Gasteiger charge is 2.26. The molecule has 1 aromatic carbocycles. The summed E-state index contributed by atoms with van der Waals surface area (Å²) in [7, 11) is 0. The van der Waals surface area contributed by atoms with Gasteiger partial charge in [0.15, 0.2) is 0 Å². The summed E-state index contributed by atoms with van der Waals surface area (Å²) in [6.45, 7) is 8.40. The third kappa shape index (κ3) is 8.25. The van der Waals surface area contributed by atoms with Gasteiger partial charge in [-0.1, -0.05) is 31.0 Å². The standard InChI is InChI=1S/C26H38ClN5O3/c1-5-6-13-28-24-29-15-22(21-12-7-18(27)14-17(21)16-33)23(32-24)30-19-8-10-20(11-9-19)31-25(34)35-26(2,3)4/h7,12,14-15,19-20,33H,5-6,8-11,13,16H2,1-4H3,(H,31,34)(H2,28,29,30,32)/t19-,20-. The minimum absolute atomic E-state index is 0.0938. The van der Waals surface area contributed by atoms with Gasteiger partial charge in [0.1, 0.15) is 11.4 Å². The number of hydrogen-bond acceptors (Lipinski definition) is 7. The van der Waals surface area contributed by atoms with Crippen LogP contribution in [-0.4, -0.2) is 45.4 Å². The average Bonchev–Trinajstić information content (AvgIpc) is 2.80. The maximum Gasteiger partial charge on any atom is 0.407 e. The van der Waals surface area contributed by atoms with Gasteiger partial charge in [0, 0.05) is 35.4 Å². The molecule has 0 radical (unpaired) electrons. The zero-order valence-corrected chi connectivity index (χ0v) is 21.9. The lowest BCUT2D eigenvalue weighted by molar-refractivity contribution is 0.0492. The maximum atomic E-state index is 12.1. The van der Waals surface area contributed by atoms with E-state index in [0.29, 0.717) is 11.0 Å². The molecule has 0 atom stereocenters. The fourth-order valence-corrected chi connectivity index (χ4v) is 4.35. The molecule has 35 heavy (non-hydrogen) atoms. The van der Waals surface area contributed by atoms with E-state index < -0.39 is 5.60 Å². The lowest BCUT2D eigenvalue weighted by atomic mass is 9.91. The van der Waals surface area contributed by atoms with Crippen LogP contribution in [0, 0.1) is 0 Å². The Bertz CT molecular complexity index is 987. The zero-order chi connectivity index (χ0) is 25.4. The van der Waals surface area contributed by atoms with E-state index in [0.717, 1.165) is 67.6 Å². The third-order valence-electron chi connectivity index (χ3n) is 5.92. The van der Waals surface area contributed by atoms with Crippen molar-refractivity contribution >= 4 is 29.5 Å². The van der Waals surface area contributed by atoms with Gasteiger partial charge in [0.05, 0.1) is 6.61 Å². The first-order valence-electron chi connectivity index (χ1n) is 12.4. The summed E-state index contributed by atoms with van der Waals surface area (Å²) >= 11 is 6.15. The molecule has 8 nitrogen and oxygen atoms in total. The van der Waals surface area contributed by atoms with E-state index in [2.05, 4.69) is 27.9 Å². The molecule has 1 aromatic heterocycles. The summed E-state index contributed by atoms with van der Waals surface area (Å²) in [5, 5.41) is 20.4. The SMILES string of the molecule is CCCCNc1ncc(-c2ccc(Cl)cc2CO)c(N[C@H]2CC[C@H](NC(=O)OC(C)(C)C)CC2)n1. The van der Waals surface area contributed by atoms with Crippen molar-refractivity contribution in [3.8, 4) is 11.1 Å². The van der Waals surface area contributed by atoms with Gasteiger partial charge in [0.25, 0.3) is 0 Å². The van der Waals surface area contributed by atoms with Gasteiger partial charge in [-0.3, -0.25) is 0 Å². The van der Waals surface area contributed by atoms with E-state index in [4.69, 9.17) is 21.3 Å². The first-order valence-corrected chi connectivity index (χ1v) is 12.8. The monoisotopic (exact) mass is 503 g/mol. The molecule has 0 unspecified atom stereocenters. The number of nitrogens with one attached hydrogen (secondary N) is 3. The highest BCUT2D eigenvalue weighted by atomic mass is 35.5. The minimum atomic E-state index is -0.510. The van der Waals surface area contributed by atoms with Crippen molar-refractivity contribution in [2.45, 2.75) is 90.5 Å². The fraction of sp³-hybridized carbons (Fsp3) is 0.577. The van der Waals surface area contributed by atoms with Crippen LogP contribution in [0.15, 0.2) is 24.4 Å². The first-order chi connectivity index (χ1) is 16.7. The Labute approximate surface area is 213 Å². The van der Waals surface area contributed by atoms with Crippen LogP contribution in [0.3, 0.4) is 0 Å². The number of nitrogens with zero attached hydrogens (tertiary/aromatic N) is 2. The van der Waals surface area contributed by atoms with Gasteiger partial charge < -0.3 is 25.8 Å². The van der Waals surface area contributed by atoms with Crippen molar-refractivity contribution in [1.82, 2.24) is 15.3 Å².